The maximum Gasteiger partial charge on any atom is 0.239 e. The van der Waals surface area contributed by atoms with Gasteiger partial charge in [0.05, 0.1) is 6.04 Å². The smallest absolute Gasteiger partial charge is 0.239 e. The molecule has 0 saturated carbocycles. The molecule has 0 radical (unpaired) electrons. The Bertz CT molecular complexity index is 409. The highest BCUT2D eigenvalue weighted by Gasteiger charge is 2.17. The number of amides is 1. The van der Waals surface area contributed by atoms with Crippen molar-refractivity contribution >= 4 is 5.91 Å². The summed E-state index contributed by atoms with van der Waals surface area (Å²) in [6, 6.07) is 2.71. The molecule has 0 aromatic heterocycles. The highest BCUT2D eigenvalue weighted by atomic mass is 19.1. The summed E-state index contributed by atoms with van der Waals surface area (Å²) < 4.78 is 26.0. The van der Waals surface area contributed by atoms with Crippen LogP contribution in [0.1, 0.15) is 18.9 Å². The van der Waals surface area contributed by atoms with Crippen LogP contribution in [0.2, 0.25) is 0 Å². The quantitative estimate of drug-likeness (QED) is 0.872. The third-order valence-electron chi connectivity index (χ3n) is 2.56. The van der Waals surface area contributed by atoms with E-state index >= 15 is 0 Å². The largest absolute Gasteiger partial charge is 0.340 e. The third-order valence-corrected chi connectivity index (χ3v) is 2.56. The molecule has 5 heteroatoms. The number of hydrogen-bond donors (Lipinski definition) is 1. The SMILES string of the molecule is CC[C@@H](N)C(=O)N(C)Cc1ccc(F)cc1F. The Morgan fingerprint density at radius 2 is 2.12 bits per heavy atom. The fourth-order valence-electron chi connectivity index (χ4n) is 1.44. The number of hydrogen-bond acceptors (Lipinski definition) is 2. The molecule has 1 aromatic rings. The van der Waals surface area contributed by atoms with Crippen LogP contribution >= 0.6 is 0 Å². The van der Waals surface area contributed by atoms with Gasteiger partial charge in [0.25, 0.3) is 0 Å². The number of benzene rings is 1. The first kappa shape index (κ1) is 13.6. The standard InChI is InChI=1S/C12H16F2N2O/c1-3-11(15)12(17)16(2)7-8-4-5-9(13)6-10(8)14/h4-6,11H,3,7,15H2,1-2H3/t11-/m1/s1. The van der Waals surface area contributed by atoms with E-state index in [1.807, 2.05) is 0 Å². The Hall–Kier alpha value is -1.49. The summed E-state index contributed by atoms with van der Waals surface area (Å²) in [6.07, 6.45) is 0.523. The first-order valence-corrected chi connectivity index (χ1v) is 5.40. The second-order valence-electron chi connectivity index (χ2n) is 3.94. The van der Waals surface area contributed by atoms with Crippen molar-refractivity contribution in [3.8, 4) is 0 Å². The van der Waals surface area contributed by atoms with E-state index in [0.717, 1.165) is 12.1 Å². The number of nitrogens with two attached hydrogens (primary N) is 1. The highest BCUT2D eigenvalue weighted by Crippen LogP contribution is 2.12. The number of nitrogens with zero attached hydrogens (tertiary/aromatic N) is 1. The number of rotatable bonds is 4. The summed E-state index contributed by atoms with van der Waals surface area (Å²) in [4.78, 5) is 13.0. The van der Waals surface area contributed by atoms with Gasteiger partial charge in [-0.15, -0.1) is 0 Å². The molecule has 0 spiro atoms. The van der Waals surface area contributed by atoms with Gasteiger partial charge in [0, 0.05) is 25.2 Å². The molecule has 0 bridgehead atoms. The summed E-state index contributed by atoms with van der Waals surface area (Å²) in [5.41, 5.74) is 5.86. The average molecular weight is 242 g/mol. The Kier molecular flexibility index (Phi) is 4.57. The lowest BCUT2D eigenvalue weighted by atomic mass is 10.1. The highest BCUT2D eigenvalue weighted by molar-refractivity contribution is 5.81. The Morgan fingerprint density at radius 3 is 2.65 bits per heavy atom. The van der Waals surface area contributed by atoms with Crippen LogP contribution in [0, 0.1) is 11.6 Å². The maximum atomic E-state index is 13.3. The first-order valence-electron chi connectivity index (χ1n) is 5.40. The number of likely N-dealkylation sites (N-methyl/N-ethyl adjacent to an activating group) is 1. The van der Waals surface area contributed by atoms with Gasteiger partial charge in [-0.05, 0) is 12.5 Å². The van der Waals surface area contributed by atoms with Crippen molar-refractivity contribution in [2.24, 2.45) is 5.73 Å². The van der Waals surface area contributed by atoms with Crippen LogP contribution in [0.5, 0.6) is 0 Å². The van der Waals surface area contributed by atoms with E-state index in [1.54, 1.807) is 14.0 Å². The van der Waals surface area contributed by atoms with E-state index < -0.39 is 17.7 Å². The van der Waals surface area contributed by atoms with E-state index in [1.165, 1.54) is 11.0 Å². The molecule has 3 nitrogen and oxygen atoms in total. The zero-order valence-electron chi connectivity index (χ0n) is 9.91. The molecule has 0 unspecified atom stereocenters. The molecule has 1 aromatic carbocycles. The molecule has 1 atom stereocenters. The van der Waals surface area contributed by atoms with E-state index in [9.17, 15) is 13.6 Å². The van der Waals surface area contributed by atoms with Crippen LogP contribution in [-0.4, -0.2) is 23.9 Å². The fraction of sp³-hybridized carbons (Fsp3) is 0.417. The molecule has 17 heavy (non-hydrogen) atoms. The zero-order chi connectivity index (χ0) is 13.0. The number of halogens is 2. The molecule has 1 rings (SSSR count). The van der Waals surface area contributed by atoms with Crippen molar-refractivity contribution in [2.45, 2.75) is 25.9 Å². The van der Waals surface area contributed by atoms with Gasteiger partial charge < -0.3 is 10.6 Å². The lowest BCUT2D eigenvalue weighted by Gasteiger charge is -2.20. The van der Waals surface area contributed by atoms with Gasteiger partial charge in [-0.1, -0.05) is 13.0 Å². The van der Waals surface area contributed by atoms with Gasteiger partial charge in [0.2, 0.25) is 5.91 Å². The Labute approximate surface area is 99.2 Å². The van der Waals surface area contributed by atoms with Crippen LogP contribution in [-0.2, 0) is 11.3 Å². The van der Waals surface area contributed by atoms with Gasteiger partial charge in [-0.3, -0.25) is 4.79 Å². The summed E-state index contributed by atoms with van der Waals surface area (Å²) >= 11 is 0. The zero-order valence-corrected chi connectivity index (χ0v) is 9.91. The van der Waals surface area contributed by atoms with Gasteiger partial charge in [-0.25, -0.2) is 8.78 Å². The second kappa shape index (κ2) is 5.72. The predicted octanol–water partition coefficient (Wildman–Crippen LogP) is 1.66. The number of carbonyl (C=O) groups is 1. The Balaban J connectivity index is 2.74. The fourth-order valence-corrected chi connectivity index (χ4v) is 1.44. The molecule has 1 amide bonds. The first-order chi connectivity index (χ1) is 7.95. The minimum absolute atomic E-state index is 0.0820. The van der Waals surface area contributed by atoms with Crippen LogP contribution in [0.15, 0.2) is 18.2 Å². The Morgan fingerprint density at radius 1 is 1.47 bits per heavy atom. The van der Waals surface area contributed by atoms with Crippen LogP contribution in [0.4, 0.5) is 8.78 Å². The van der Waals surface area contributed by atoms with E-state index in [-0.39, 0.29) is 18.0 Å². The van der Waals surface area contributed by atoms with Gasteiger partial charge >= 0.3 is 0 Å². The lowest BCUT2D eigenvalue weighted by molar-refractivity contribution is -0.131. The van der Waals surface area contributed by atoms with Gasteiger partial charge in [-0.2, -0.15) is 0 Å². The molecular formula is C12H16F2N2O. The topological polar surface area (TPSA) is 46.3 Å². The van der Waals surface area contributed by atoms with Gasteiger partial charge in [0.15, 0.2) is 0 Å². The molecule has 0 saturated heterocycles. The van der Waals surface area contributed by atoms with Gasteiger partial charge in [0.1, 0.15) is 11.6 Å². The second-order valence-corrected chi connectivity index (χ2v) is 3.94. The van der Waals surface area contributed by atoms with Crippen molar-refractivity contribution in [2.75, 3.05) is 7.05 Å². The molecule has 94 valence electrons. The molecule has 0 aliphatic heterocycles. The molecule has 0 fully saturated rings. The van der Waals surface area contributed by atoms with Crippen molar-refractivity contribution in [1.29, 1.82) is 0 Å². The van der Waals surface area contributed by atoms with Crippen molar-refractivity contribution in [3.63, 3.8) is 0 Å². The maximum absolute atomic E-state index is 13.3. The van der Waals surface area contributed by atoms with Crippen molar-refractivity contribution < 1.29 is 13.6 Å². The summed E-state index contributed by atoms with van der Waals surface area (Å²) in [5.74, 6) is -1.54. The normalized spacial score (nSPS) is 12.3. The lowest BCUT2D eigenvalue weighted by Crippen LogP contribution is -2.41. The minimum atomic E-state index is -0.658. The van der Waals surface area contributed by atoms with Crippen molar-refractivity contribution in [3.05, 3.63) is 35.4 Å². The van der Waals surface area contributed by atoms with Crippen LogP contribution < -0.4 is 5.73 Å². The molecule has 0 aliphatic rings. The van der Waals surface area contributed by atoms with Crippen molar-refractivity contribution in [1.82, 2.24) is 4.90 Å². The van der Waals surface area contributed by atoms with Crippen LogP contribution in [0.3, 0.4) is 0 Å². The van der Waals surface area contributed by atoms with E-state index in [4.69, 9.17) is 5.73 Å². The minimum Gasteiger partial charge on any atom is -0.340 e. The monoisotopic (exact) mass is 242 g/mol. The van der Waals surface area contributed by atoms with E-state index in [0.29, 0.717) is 6.42 Å². The number of carbonyl (C=O) groups excluding carboxylic acids is 1. The summed E-state index contributed by atoms with van der Waals surface area (Å²) in [6.45, 7) is 1.88. The third kappa shape index (κ3) is 3.49. The summed E-state index contributed by atoms with van der Waals surface area (Å²) in [5, 5.41) is 0. The average Bonchev–Trinajstić information content (AvgIpc) is 2.30. The summed E-state index contributed by atoms with van der Waals surface area (Å²) in [7, 11) is 1.54. The van der Waals surface area contributed by atoms with E-state index in [2.05, 4.69) is 0 Å². The predicted molar refractivity (Wildman–Crippen MR) is 61.1 cm³/mol. The molecule has 0 heterocycles. The molecule has 0 aliphatic carbocycles. The van der Waals surface area contributed by atoms with Crippen LogP contribution in [0.25, 0.3) is 0 Å². The molecular weight excluding hydrogens is 226 g/mol. The molecule has 2 N–H and O–H groups in total.